The van der Waals surface area contributed by atoms with Gasteiger partial charge >= 0.3 is 12.1 Å². The smallest absolute Gasteiger partial charge is 0.405 e. The number of aromatic amines is 4. The highest BCUT2D eigenvalue weighted by Crippen LogP contribution is 2.52. The van der Waals surface area contributed by atoms with Crippen LogP contribution in [-0.4, -0.2) is 302 Å². The SMILES string of the molecule is C=C1CCC(OC2CC(O)(C(C)CC(=O)c3[nH]c(C)c(Cl)c3Cl)C(O)C(C)O2)C2C=CC(C)C(C(O)=C3C(=O)C(C(C)C)N(C4OC(C)C(OC(N)=O)C(OC(C)=O)C4OC)C3=O)C12.CO[C@@H]1C[C@@](O)([C@H](C)NC(=O)c2[nH]c(C)c(Cl)c2Cl)[C@H](O)[C@@H](C)O1.CO[C@H]1C[C@@](O)([C@H](C)NC(=O)c2[nH]c(C)c(Cl)c2Cl)[C@H](O)[C@@H](C)O1.Cc1[nH]c(C(=O)N[C@@H](C)[C@]2(O)CC(O)O[C@H](C)[C@H]2O)c(Cl)c1Cl. The maximum Gasteiger partial charge on any atom is 0.405 e. The summed E-state index contributed by atoms with van der Waals surface area (Å²) in [5.74, 6) is -8.04. The van der Waals surface area contributed by atoms with Gasteiger partial charge in [0.1, 0.15) is 93.1 Å². The number of aryl methyl sites for hydroxylation is 4. The Kier molecular flexibility index (Phi) is 37.7. The Bertz CT molecular complexity index is 4940. The molecule has 2 aliphatic carbocycles. The third-order valence-corrected chi connectivity index (χ3v) is 30.7. The van der Waals surface area contributed by atoms with Gasteiger partial charge in [-0.25, -0.2) is 4.79 Å². The summed E-state index contributed by atoms with van der Waals surface area (Å²) < 4.78 is 61.8. The average molecular weight is 2070 g/mol. The molecule has 10 heterocycles. The van der Waals surface area contributed by atoms with E-state index >= 15 is 0 Å². The highest BCUT2D eigenvalue weighted by atomic mass is 35.5. The molecule has 31 atom stereocenters. The number of ether oxygens (including phenoxy) is 11. The predicted molar refractivity (Wildman–Crippen MR) is 494 cm³/mol. The van der Waals surface area contributed by atoms with Gasteiger partial charge in [-0.1, -0.05) is 145 Å². The van der Waals surface area contributed by atoms with Crippen molar-refractivity contribution in [2.75, 3.05) is 21.3 Å². The number of allylic oxidation sites excluding steroid dienone is 3. The summed E-state index contributed by atoms with van der Waals surface area (Å²) in [6, 6.07) is -3.59. The lowest BCUT2D eigenvalue weighted by atomic mass is 9.61. The maximum atomic E-state index is 14.8. The first-order valence-corrected chi connectivity index (χ1v) is 47.0. The Balaban J connectivity index is 0.000000234. The lowest BCUT2D eigenvalue weighted by Crippen LogP contribution is -2.66. The van der Waals surface area contributed by atoms with Crippen LogP contribution in [0, 0.1) is 63.2 Å². The molecule has 17 unspecified atom stereocenters. The van der Waals surface area contributed by atoms with E-state index in [2.05, 4.69) is 42.5 Å². The van der Waals surface area contributed by atoms with Gasteiger partial charge in [-0.3, -0.25) is 38.5 Å². The third kappa shape index (κ3) is 23.4. The quantitative estimate of drug-likeness (QED) is 0.00820. The van der Waals surface area contributed by atoms with Crippen LogP contribution in [0.3, 0.4) is 0 Å². The largest absolute Gasteiger partial charge is 0.511 e. The van der Waals surface area contributed by atoms with Gasteiger partial charge in [0.05, 0.1) is 94.9 Å². The Hall–Kier alpha value is -6.30. The Morgan fingerprint density at radius 3 is 1.31 bits per heavy atom. The number of rotatable bonds is 23. The number of carbonyl (C=O) groups is 8. The standard InChI is InChI=1S/C45H61Cl2N3O14.2C15H22Cl2N2O5.C14H20Cl2N2O5/c1-17(2)35-37(54)31(42(56)50(35)43-40(59-10)39(62-24(9)51)38(22(7)61-43)64-44(48)57)36(53)30-19(4)11-13-25-27(14-12-18(3)29(25)30)63-28-16-45(58,41(55)23(8)60-28)20(5)15-26(52)34-33(47)32(46)21(6)49-34;2*1-6-10(16)11(17)12(18-6)14(21)19-8(3)15(22)5-9(23-4)24-7(2)13(15)20;1-5-9(15)10(16)11(17-5)13(21)18-7(3)14(22)4-8(19)23-6(2)12(14)20/h11,13,17,19-20,22-23,25,27-30,35,38-41,43,49,53,55,58H,3,12,14-16H2,1-2,4-10H3,(H2,48,57);2*7-9,13,18,20,22H,5H2,1-4H3,(H,19,21);6-8,12,17,19-20,22H,4H2,1-3H3,(H,18,21)/t;7-,8+,9+,13-,15-;7-,8+,9-,13-,15-;6-,7+,8?,12-,14-/m.111/s1. The minimum absolute atomic E-state index is 0.00863. The van der Waals surface area contributed by atoms with Gasteiger partial charge in [0.2, 0.25) is 0 Å². The number of H-pyrrole nitrogens is 4. The van der Waals surface area contributed by atoms with Crippen molar-refractivity contribution in [1.82, 2.24) is 40.8 Å². The number of ketones is 2. The number of Topliss-reactive ketones (excluding diaryl/α,β-unsaturated/α-hetero) is 2. The first-order valence-electron chi connectivity index (χ1n) is 43.9. The highest BCUT2D eigenvalue weighted by molar-refractivity contribution is 6.46. The Morgan fingerprint density at radius 1 is 0.533 bits per heavy atom. The van der Waals surface area contributed by atoms with E-state index in [0.717, 1.165) is 12.5 Å². The van der Waals surface area contributed by atoms with Crippen molar-refractivity contribution in [3.63, 3.8) is 0 Å². The van der Waals surface area contributed by atoms with Crippen LogP contribution < -0.4 is 21.7 Å². The monoisotopic (exact) mass is 2060 g/mol. The van der Waals surface area contributed by atoms with Gasteiger partial charge in [0.25, 0.3) is 23.6 Å². The van der Waals surface area contributed by atoms with E-state index in [4.69, 9.17) is 151 Å². The molecule has 7 fully saturated rings. The summed E-state index contributed by atoms with van der Waals surface area (Å²) in [5.41, 5.74) is 1.49. The van der Waals surface area contributed by atoms with E-state index in [1.807, 2.05) is 19.1 Å². The minimum Gasteiger partial charge on any atom is -0.511 e. The van der Waals surface area contributed by atoms with Crippen LogP contribution >= 0.6 is 92.8 Å². The Morgan fingerprint density at radius 2 is 0.926 bits per heavy atom. The number of hydrogen-bond acceptors (Lipinski definition) is 29. The van der Waals surface area contributed by atoms with Crippen LogP contribution in [-0.2, 0) is 66.5 Å². The highest BCUT2D eigenvalue weighted by Gasteiger charge is 2.61. The molecule has 6 saturated heterocycles. The number of hydrogen-bond donors (Lipinski definition) is 18. The van der Waals surface area contributed by atoms with Crippen LogP contribution in [0.5, 0.6) is 0 Å². The molecule has 46 heteroatoms. The van der Waals surface area contributed by atoms with E-state index in [1.54, 1.807) is 83.1 Å². The van der Waals surface area contributed by atoms with E-state index in [-0.39, 0.29) is 101 Å². The molecule has 19 N–H and O–H groups in total. The first kappa shape index (κ1) is 112. The van der Waals surface area contributed by atoms with Crippen molar-refractivity contribution in [2.45, 2.75) is 320 Å². The number of likely N-dealkylation sites (tertiary alicyclic amines) is 1. The zero-order valence-electron chi connectivity index (χ0n) is 78.3. The van der Waals surface area contributed by atoms with Gasteiger partial charge in [0, 0.05) is 95.0 Å². The lowest BCUT2D eigenvalue weighted by molar-refractivity contribution is -0.301. The number of nitrogens with one attached hydrogen (secondary N) is 7. The van der Waals surface area contributed by atoms with Crippen molar-refractivity contribution in [2.24, 2.45) is 41.2 Å². The summed E-state index contributed by atoms with van der Waals surface area (Å²) >= 11 is 48.5. The molecule has 4 aromatic heterocycles. The molecule has 5 amide bonds. The van der Waals surface area contributed by atoms with E-state index in [0.29, 0.717) is 35.6 Å². The molecule has 0 bridgehead atoms. The number of primary amides is 1. The van der Waals surface area contributed by atoms with E-state index < -0.39 is 245 Å². The fourth-order valence-corrected chi connectivity index (χ4v) is 20.6. The number of methoxy groups -OCH3 is 3. The van der Waals surface area contributed by atoms with Crippen molar-refractivity contribution in [3.8, 4) is 0 Å². The number of nitrogens with two attached hydrogens (primary N) is 1. The second-order valence-electron chi connectivity index (χ2n) is 36.4. The van der Waals surface area contributed by atoms with E-state index in [1.165, 1.54) is 47.0 Å². The average Bonchev–Trinajstić information content (AvgIpc) is 1.55. The van der Waals surface area contributed by atoms with Crippen molar-refractivity contribution >= 4 is 140 Å². The zero-order chi connectivity index (χ0) is 101. The first-order chi connectivity index (χ1) is 62.7. The van der Waals surface area contributed by atoms with Crippen molar-refractivity contribution < 1.29 is 142 Å². The van der Waals surface area contributed by atoms with Crippen LogP contribution in [0.4, 0.5) is 4.79 Å². The molecule has 12 rings (SSSR count). The summed E-state index contributed by atoms with van der Waals surface area (Å²) in [6.45, 7) is 31.9. The topological polar surface area (TPSA) is 569 Å². The van der Waals surface area contributed by atoms with Gasteiger partial charge in [-0.2, -0.15) is 0 Å². The van der Waals surface area contributed by atoms with E-state index in [9.17, 15) is 89.4 Å². The van der Waals surface area contributed by atoms with Gasteiger partial charge < -0.3 is 145 Å². The third-order valence-electron chi connectivity index (χ3n) is 26.9. The Labute approximate surface area is 821 Å². The fourth-order valence-electron chi connectivity index (χ4n) is 19.0. The van der Waals surface area contributed by atoms with Crippen LogP contribution in [0.25, 0.3) is 0 Å². The molecule has 0 spiro atoms. The number of carbonyl (C=O) groups excluding carboxylic acids is 8. The molecule has 38 nitrogen and oxygen atoms in total. The summed E-state index contributed by atoms with van der Waals surface area (Å²) in [6.07, 6.45) is -15.2. The zero-order valence-corrected chi connectivity index (χ0v) is 84.3. The number of fused-ring (bicyclic) bond motifs is 1. The molecule has 1 saturated carbocycles. The molecule has 8 aliphatic rings. The number of aliphatic hydroxyl groups excluding tert-OH is 6. The lowest BCUT2D eigenvalue weighted by Gasteiger charge is -2.50. The molecule has 756 valence electrons. The van der Waals surface area contributed by atoms with Gasteiger partial charge in [-0.05, 0) is 120 Å². The molecule has 4 aromatic rings. The second kappa shape index (κ2) is 45.3. The van der Waals surface area contributed by atoms with Crippen LogP contribution in [0.15, 0.2) is 35.6 Å². The number of halogens is 8. The van der Waals surface area contributed by atoms with Gasteiger partial charge in [0.15, 0.2) is 55.2 Å². The number of aliphatic hydroxyl groups is 10. The summed E-state index contributed by atoms with van der Waals surface area (Å²) in [7, 11) is 4.19. The molecular formula is C89H125Cl8N9O29. The molecule has 6 aliphatic heterocycles. The number of nitrogens with zero attached hydrogens (tertiary/aromatic N) is 1. The van der Waals surface area contributed by atoms with Crippen LogP contribution in [0.1, 0.15) is 200 Å². The molecule has 0 aromatic carbocycles. The number of amides is 5. The van der Waals surface area contributed by atoms with Crippen LogP contribution in [0.2, 0.25) is 40.2 Å². The molecule has 135 heavy (non-hydrogen) atoms. The predicted octanol–water partition coefficient (Wildman–Crippen LogP) is 9.47. The van der Waals surface area contributed by atoms with Crippen molar-refractivity contribution in [3.05, 3.63) is 121 Å². The molecule has 0 radical (unpaired) electrons. The summed E-state index contributed by atoms with van der Waals surface area (Å²) in [5, 5.41) is 118. The summed E-state index contributed by atoms with van der Waals surface area (Å²) in [4.78, 5) is 117. The minimum atomic E-state index is -1.81. The van der Waals surface area contributed by atoms with Crippen molar-refractivity contribution in [1.29, 1.82) is 0 Å². The van der Waals surface area contributed by atoms with Gasteiger partial charge in [-0.15, -0.1) is 0 Å². The number of esters is 1. The maximum absolute atomic E-state index is 14.8. The fraction of sp³-hybridized carbons (Fsp3) is 0.663. The normalized spacial score (nSPS) is 34.8. The second-order valence-corrected chi connectivity index (χ2v) is 39.5. The molecular weight excluding hydrogens is 1940 g/mol. The number of aromatic nitrogens is 4.